The Morgan fingerprint density at radius 3 is 1.35 bits per heavy atom. The maximum atomic E-state index is 15.4. The van der Waals surface area contributed by atoms with Gasteiger partial charge in [0.05, 0.1) is 31.3 Å². The number of nitrogens with zero attached hydrogens (tertiary/aromatic N) is 8. The highest BCUT2D eigenvalue weighted by Crippen LogP contribution is 2.32. The number of likely N-dealkylation sites (tertiary alicyclic amines) is 1. The van der Waals surface area contributed by atoms with Crippen LogP contribution in [0.1, 0.15) is 175 Å². The number of ketones is 3. The molecule has 528 valence electrons. The standard InChI is InChI=1S/C68H119F2N9O13/c1-24-47-34-56(83)58(59(84)44(14)25-27-79-28-26-68(69,70)37-79)78(23)67(92)57(43(12)13)77(22)65(90)52(32-41(8)9)75(20)64(89)51(31-40(6)7)74(19)61(86)46(16)71-60(85)45(15)33-54(81)49(29-38(2)3)72(17)63(88)48(42(10)11)35-55(82)50(30-39(4)5)73(18)66(91)53(36-80)76(21)62(47)87/h38-53,57-59,80,84H,24-37H2,1-23H3,(H,71,85)/t44-,45+,46+,47+,48-,49-,50+,51-,52-,53-,57-,58+,59-/m1/s1. The van der Waals surface area contributed by atoms with Gasteiger partial charge < -0.3 is 49.8 Å². The molecule has 13 atom stereocenters. The molecule has 24 heteroatoms. The lowest BCUT2D eigenvalue weighted by Crippen LogP contribution is -2.62. The van der Waals surface area contributed by atoms with Crippen LogP contribution in [0.25, 0.3) is 0 Å². The Balaban J connectivity index is 3.04. The lowest BCUT2D eigenvalue weighted by Gasteiger charge is -2.42. The van der Waals surface area contributed by atoms with Crippen molar-refractivity contribution in [1.82, 2.24) is 44.5 Å². The molecule has 0 spiro atoms. The fourth-order valence-electron chi connectivity index (χ4n) is 12.9. The summed E-state index contributed by atoms with van der Waals surface area (Å²) in [5.74, 6) is -15.8. The van der Waals surface area contributed by atoms with E-state index >= 15 is 19.2 Å². The first-order valence-corrected chi connectivity index (χ1v) is 33.5. The van der Waals surface area contributed by atoms with Crippen LogP contribution in [0.15, 0.2) is 0 Å². The molecular formula is C68H119F2N9O13. The quantitative estimate of drug-likeness (QED) is 0.159. The van der Waals surface area contributed by atoms with Gasteiger partial charge in [0.25, 0.3) is 5.92 Å². The van der Waals surface area contributed by atoms with E-state index in [4.69, 9.17) is 0 Å². The number of aliphatic hydroxyl groups is 2. The van der Waals surface area contributed by atoms with Crippen LogP contribution in [0.3, 0.4) is 0 Å². The van der Waals surface area contributed by atoms with Crippen LogP contribution in [-0.4, -0.2) is 250 Å². The van der Waals surface area contributed by atoms with Crippen LogP contribution in [-0.2, 0) is 52.7 Å². The summed E-state index contributed by atoms with van der Waals surface area (Å²) in [6, 6.07) is -10.4. The smallest absolute Gasteiger partial charge is 0.261 e. The molecule has 0 bridgehead atoms. The van der Waals surface area contributed by atoms with Crippen LogP contribution in [0.5, 0.6) is 0 Å². The second kappa shape index (κ2) is 36.4. The van der Waals surface area contributed by atoms with Crippen molar-refractivity contribution in [3.05, 3.63) is 0 Å². The summed E-state index contributed by atoms with van der Waals surface area (Å²) >= 11 is 0. The van der Waals surface area contributed by atoms with Crippen molar-refractivity contribution in [3.63, 3.8) is 0 Å². The first kappa shape index (κ1) is 82.6. The number of Topliss-reactive ketones (excluding diaryl/α,β-unsaturated/α-hetero) is 3. The highest BCUT2D eigenvalue weighted by molar-refractivity contribution is 6.00. The van der Waals surface area contributed by atoms with Gasteiger partial charge in [0.1, 0.15) is 36.3 Å². The summed E-state index contributed by atoms with van der Waals surface area (Å²) in [7, 11) is 9.73. The second-order valence-electron chi connectivity index (χ2n) is 29.3. The van der Waals surface area contributed by atoms with Crippen molar-refractivity contribution in [1.29, 1.82) is 0 Å². The van der Waals surface area contributed by atoms with Crippen LogP contribution < -0.4 is 5.32 Å². The summed E-state index contributed by atoms with van der Waals surface area (Å²) < 4.78 is 28.7. The fourth-order valence-corrected chi connectivity index (χ4v) is 12.9. The fraction of sp³-hybridized carbons (Fsp3) is 0.838. The Labute approximate surface area is 549 Å². The molecule has 2 heterocycles. The zero-order chi connectivity index (χ0) is 71.0. The van der Waals surface area contributed by atoms with Crippen molar-refractivity contribution in [2.75, 3.05) is 75.6 Å². The average molecular weight is 1310 g/mol. The number of aliphatic hydroxyl groups excluding tert-OH is 2. The number of halogens is 2. The molecule has 2 aliphatic heterocycles. The van der Waals surface area contributed by atoms with Gasteiger partial charge in [0.2, 0.25) is 47.3 Å². The summed E-state index contributed by atoms with van der Waals surface area (Å²) in [4.78, 5) is 173. The molecule has 3 N–H and O–H groups in total. The molecule has 0 aromatic carbocycles. The third kappa shape index (κ3) is 22.3. The first-order chi connectivity index (χ1) is 42.4. The highest BCUT2D eigenvalue weighted by Gasteiger charge is 2.47. The molecule has 2 rings (SSSR count). The molecule has 0 aromatic heterocycles. The van der Waals surface area contributed by atoms with E-state index in [0.29, 0.717) is 0 Å². The number of rotatable bonds is 17. The Bertz CT molecular complexity index is 2530. The van der Waals surface area contributed by atoms with Gasteiger partial charge in [-0.15, -0.1) is 0 Å². The zero-order valence-electron chi connectivity index (χ0n) is 60.1. The number of likely N-dealkylation sites (N-methyl/N-ethyl adjacent to an activating group) is 7. The van der Waals surface area contributed by atoms with Gasteiger partial charge in [-0.1, -0.05) is 104 Å². The minimum atomic E-state index is -2.90. The van der Waals surface area contributed by atoms with Gasteiger partial charge >= 0.3 is 0 Å². The third-order valence-electron chi connectivity index (χ3n) is 18.9. The van der Waals surface area contributed by atoms with Crippen LogP contribution in [0.2, 0.25) is 0 Å². The summed E-state index contributed by atoms with van der Waals surface area (Å²) in [5, 5.41) is 26.1. The Morgan fingerprint density at radius 1 is 0.500 bits per heavy atom. The number of alkyl halides is 2. The number of hydrogen-bond donors (Lipinski definition) is 3. The Morgan fingerprint density at radius 2 is 0.913 bits per heavy atom. The van der Waals surface area contributed by atoms with E-state index in [1.54, 1.807) is 46.4 Å². The van der Waals surface area contributed by atoms with Gasteiger partial charge in [-0.05, 0) is 93.4 Å². The summed E-state index contributed by atoms with van der Waals surface area (Å²) in [5.41, 5.74) is 0. The normalized spacial score (nSPS) is 28.4. The SMILES string of the molecule is CC[C@H]1CC(=O)[C@@H]([C@H](O)[C@H](C)CCN2CCC(F)(F)C2)N(C)C(=O)[C@@H](C(C)C)N(C)C(=O)[C@@H](CC(C)C)N(C)C(=O)[C@@H](CC(C)C)N(C)C(=O)[C@H](C)NC(=O)[C@@H](C)CC(=O)[C@@H](CC(C)C)N(C)C(=O)[C@@H](C(C)C)CC(=O)[C@H](CC(C)C)N(C)C(=O)[C@@H](CO)N(C)C1=O. The molecule has 0 radical (unpaired) electrons. The van der Waals surface area contributed by atoms with E-state index in [9.17, 15) is 52.6 Å². The molecule has 2 saturated heterocycles. The van der Waals surface area contributed by atoms with Gasteiger partial charge in [-0.2, -0.15) is 0 Å². The van der Waals surface area contributed by atoms with Gasteiger partial charge in [0, 0.05) is 99.3 Å². The number of hydrogen-bond acceptors (Lipinski definition) is 14. The van der Waals surface area contributed by atoms with E-state index in [-0.39, 0.29) is 94.5 Å². The molecule has 2 aliphatic rings. The predicted molar refractivity (Wildman–Crippen MR) is 349 cm³/mol. The van der Waals surface area contributed by atoms with Crippen molar-refractivity contribution < 1.29 is 71.7 Å². The molecule has 0 aromatic rings. The lowest BCUT2D eigenvalue weighted by atomic mass is 9.84. The van der Waals surface area contributed by atoms with E-state index in [1.807, 2.05) is 55.4 Å². The lowest BCUT2D eigenvalue weighted by molar-refractivity contribution is -0.157. The first-order valence-electron chi connectivity index (χ1n) is 33.5. The number of carbonyl (C=O) groups is 11. The minimum Gasteiger partial charge on any atom is -0.394 e. The number of carbonyl (C=O) groups excluding carboxylic acids is 11. The monoisotopic (exact) mass is 1310 g/mol. The summed E-state index contributed by atoms with van der Waals surface area (Å²) in [6.45, 7) is 26.9. The molecule has 0 aliphatic carbocycles. The summed E-state index contributed by atoms with van der Waals surface area (Å²) in [6.07, 6.45) is -2.56. The van der Waals surface area contributed by atoms with E-state index in [2.05, 4.69) is 5.32 Å². The minimum absolute atomic E-state index is 0.00216. The van der Waals surface area contributed by atoms with Crippen LogP contribution in [0, 0.1) is 59.2 Å². The van der Waals surface area contributed by atoms with Gasteiger partial charge in [-0.25, -0.2) is 8.78 Å². The van der Waals surface area contributed by atoms with E-state index in [0.717, 1.165) is 14.7 Å². The zero-order valence-corrected chi connectivity index (χ0v) is 60.1. The van der Waals surface area contributed by atoms with Crippen molar-refractivity contribution in [2.45, 2.75) is 235 Å². The Kier molecular flexibility index (Phi) is 32.7. The molecule has 0 unspecified atom stereocenters. The number of nitrogens with one attached hydrogen (secondary N) is 1. The molecule has 0 saturated carbocycles. The van der Waals surface area contributed by atoms with Crippen molar-refractivity contribution in [3.8, 4) is 0 Å². The predicted octanol–water partition coefficient (Wildman–Crippen LogP) is 5.67. The van der Waals surface area contributed by atoms with E-state index in [1.165, 1.54) is 82.8 Å². The molecule has 8 amide bonds. The van der Waals surface area contributed by atoms with Gasteiger partial charge in [-0.3, -0.25) is 57.6 Å². The molecule has 92 heavy (non-hydrogen) atoms. The maximum absolute atomic E-state index is 15.4. The van der Waals surface area contributed by atoms with E-state index < -0.39 is 180 Å². The average Bonchev–Trinajstić information content (AvgIpc) is 1.02. The highest BCUT2D eigenvalue weighted by atomic mass is 19.3. The second-order valence-corrected chi connectivity index (χ2v) is 29.3. The van der Waals surface area contributed by atoms with Crippen molar-refractivity contribution >= 4 is 64.6 Å². The van der Waals surface area contributed by atoms with Crippen LogP contribution >= 0.6 is 0 Å². The van der Waals surface area contributed by atoms with Gasteiger partial charge in [0.15, 0.2) is 17.3 Å². The Hall–Kier alpha value is -5.49. The molecule has 2 fully saturated rings. The van der Waals surface area contributed by atoms with Crippen LogP contribution in [0.4, 0.5) is 8.78 Å². The van der Waals surface area contributed by atoms with Crippen molar-refractivity contribution in [2.24, 2.45) is 59.2 Å². The molecule has 22 nitrogen and oxygen atoms in total. The molecular weight excluding hydrogens is 1190 g/mol. The largest absolute Gasteiger partial charge is 0.394 e. The topological polar surface area (TPSA) is 266 Å². The third-order valence-corrected chi connectivity index (χ3v) is 18.9. The number of amides is 8. The maximum Gasteiger partial charge on any atom is 0.261 e.